The minimum absolute atomic E-state index is 0.181. The van der Waals surface area contributed by atoms with Crippen LogP contribution >= 0.6 is 11.6 Å². The molecule has 1 amide bonds. The zero-order chi connectivity index (χ0) is 21.6. The van der Waals surface area contributed by atoms with E-state index >= 15 is 0 Å². The fourth-order valence-corrected chi connectivity index (χ4v) is 3.02. The lowest BCUT2D eigenvalue weighted by molar-refractivity contribution is -0.124. The van der Waals surface area contributed by atoms with Crippen molar-refractivity contribution in [2.24, 2.45) is 5.92 Å². The van der Waals surface area contributed by atoms with E-state index in [-0.39, 0.29) is 17.3 Å². The molecule has 29 heavy (non-hydrogen) atoms. The summed E-state index contributed by atoms with van der Waals surface area (Å²) in [6.45, 7) is 6.14. The second-order valence-corrected chi connectivity index (χ2v) is 7.23. The van der Waals surface area contributed by atoms with Gasteiger partial charge in [0.2, 0.25) is 0 Å². The average Bonchev–Trinajstić information content (AvgIpc) is 2.96. The Kier molecular flexibility index (Phi) is 7.90. The van der Waals surface area contributed by atoms with Crippen molar-refractivity contribution >= 4 is 23.5 Å². The van der Waals surface area contributed by atoms with Gasteiger partial charge in [0.1, 0.15) is 10.7 Å². The van der Waals surface area contributed by atoms with Gasteiger partial charge in [-0.15, -0.1) is 0 Å². The van der Waals surface area contributed by atoms with Gasteiger partial charge in [-0.05, 0) is 30.5 Å². The summed E-state index contributed by atoms with van der Waals surface area (Å²) in [5.41, 5.74) is 1.46. The van der Waals surface area contributed by atoms with Gasteiger partial charge in [-0.3, -0.25) is 9.48 Å². The third kappa shape index (κ3) is 5.87. The summed E-state index contributed by atoms with van der Waals surface area (Å²) < 4.78 is 17.1. The zero-order valence-electron chi connectivity index (χ0n) is 17.2. The van der Waals surface area contributed by atoms with Gasteiger partial charge in [0, 0.05) is 13.1 Å². The number of carbonyl (C=O) groups is 2. The molecule has 0 fully saturated rings. The van der Waals surface area contributed by atoms with Crippen LogP contribution in [-0.2, 0) is 22.6 Å². The van der Waals surface area contributed by atoms with Gasteiger partial charge in [0.15, 0.2) is 18.1 Å². The van der Waals surface area contributed by atoms with Crippen molar-refractivity contribution in [1.82, 2.24) is 15.1 Å². The van der Waals surface area contributed by atoms with E-state index in [4.69, 9.17) is 25.8 Å². The lowest BCUT2D eigenvalue weighted by atomic mass is 10.2. The fraction of sp³-hybridized carbons (Fsp3) is 0.450. The van der Waals surface area contributed by atoms with E-state index in [2.05, 4.69) is 10.4 Å². The van der Waals surface area contributed by atoms with Crippen LogP contribution in [0.1, 0.15) is 35.5 Å². The molecule has 0 atom stereocenters. The smallest absolute Gasteiger partial charge is 0.343 e. The predicted molar refractivity (Wildman–Crippen MR) is 108 cm³/mol. The SMILES string of the molecule is COc1ccc(CNC(=O)COC(=O)c2c(C)nn(CC(C)C)c2Cl)cc1OC. The highest BCUT2D eigenvalue weighted by Gasteiger charge is 2.22. The van der Waals surface area contributed by atoms with Gasteiger partial charge in [0.25, 0.3) is 5.91 Å². The summed E-state index contributed by atoms with van der Waals surface area (Å²) in [6.07, 6.45) is 0. The maximum absolute atomic E-state index is 12.3. The number of ether oxygens (including phenoxy) is 3. The summed E-state index contributed by atoms with van der Waals surface area (Å²) in [7, 11) is 3.09. The molecule has 8 nitrogen and oxygen atoms in total. The number of benzene rings is 1. The lowest BCUT2D eigenvalue weighted by Gasteiger charge is -2.10. The molecule has 0 aliphatic heterocycles. The molecule has 0 radical (unpaired) electrons. The molecule has 0 aliphatic carbocycles. The maximum Gasteiger partial charge on any atom is 0.343 e. The quantitative estimate of drug-likeness (QED) is 0.623. The molecule has 0 unspecified atom stereocenters. The van der Waals surface area contributed by atoms with Gasteiger partial charge in [-0.1, -0.05) is 31.5 Å². The average molecular weight is 424 g/mol. The number of hydrogen-bond acceptors (Lipinski definition) is 6. The number of carbonyl (C=O) groups excluding carboxylic acids is 2. The minimum Gasteiger partial charge on any atom is -0.493 e. The Hall–Kier alpha value is -2.74. The third-order valence-corrected chi connectivity index (χ3v) is 4.46. The van der Waals surface area contributed by atoms with Crippen molar-refractivity contribution < 1.29 is 23.8 Å². The Bertz CT molecular complexity index is 879. The van der Waals surface area contributed by atoms with Crippen LogP contribution < -0.4 is 14.8 Å². The zero-order valence-corrected chi connectivity index (χ0v) is 18.0. The van der Waals surface area contributed by atoms with Crippen molar-refractivity contribution in [3.05, 3.63) is 40.2 Å². The number of nitrogens with zero attached hydrogens (tertiary/aromatic N) is 2. The number of esters is 1. The molecule has 158 valence electrons. The summed E-state index contributed by atoms with van der Waals surface area (Å²) in [5, 5.41) is 7.17. The van der Waals surface area contributed by atoms with Crippen molar-refractivity contribution in [2.75, 3.05) is 20.8 Å². The molecule has 1 aromatic carbocycles. The first-order valence-corrected chi connectivity index (χ1v) is 9.52. The highest BCUT2D eigenvalue weighted by atomic mass is 35.5. The van der Waals surface area contributed by atoms with E-state index in [1.54, 1.807) is 36.9 Å². The Balaban J connectivity index is 1.91. The van der Waals surface area contributed by atoms with E-state index in [0.717, 1.165) is 5.56 Å². The number of methoxy groups -OCH3 is 2. The van der Waals surface area contributed by atoms with Crippen LogP contribution in [0.2, 0.25) is 5.15 Å². The van der Waals surface area contributed by atoms with Crippen LogP contribution in [0.4, 0.5) is 0 Å². The number of hydrogen-bond donors (Lipinski definition) is 1. The first kappa shape index (κ1) is 22.5. The predicted octanol–water partition coefficient (Wildman–Crippen LogP) is 2.99. The molecule has 0 saturated heterocycles. The van der Waals surface area contributed by atoms with Crippen molar-refractivity contribution in [3.8, 4) is 11.5 Å². The van der Waals surface area contributed by atoms with Crippen LogP contribution in [0.3, 0.4) is 0 Å². The van der Waals surface area contributed by atoms with Gasteiger partial charge in [-0.25, -0.2) is 4.79 Å². The molecule has 1 heterocycles. The Morgan fingerprint density at radius 3 is 2.52 bits per heavy atom. The number of halogens is 1. The maximum atomic E-state index is 12.3. The normalized spacial score (nSPS) is 10.7. The Labute approximate surface area is 175 Å². The number of aryl methyl sites for hydroxylation is 1. The van der Waals surface area contributed by atoms with Crippen LogP contribution in [0.25, 0.3) is 0 Å². The van der Waals surface area contributed by atoms with E-state index in [1.807, 2.05) is 13.8 Å². The molecule has 1 N–H and O–H groups in total. The molecule has 9 heteroatoms. The second kappa shape index (κ2) is 10.2. The summed E-state index contributed by atoms with van der Waals surface area (Å²) in [4.78, 5) is 24.4. The number of aromatic nitrogens is 2. The van der Waals surface area contributed by atoms with Crippen molar-refractivity contribution in [3.63, 3.8) is 0 Å². The van der Waals surface area contributed by atoms with E-state index in [1.165, 1.54) is 7.11 Å². The van der Waals surface area contributed by atoms with Gasteiger partial charge in [0.05, 0.1) is 19.9 Å². The molecule has 0 saturated carbocycles. The van der Waals surface area contributed by atoms with Gasteiger partial charge < -0.3 is 19.5 Å². The molecular formula is C20H26ClN3O5. The molecular weight excluding hydrogens is 398 g/mol. The van der Waals surface area contributed by atoms with Crippen LogP contribution in [0.5, 0.6) is 11.5 Å². The lowest BCUT2D eigenvalue weighted by Crippen LogP contribution is -2.28. The topological polar surface area (TPSA) is 91.7 Å². The first-order valence-electron chi connectivity index (χ1n) is 9.14. The van der Waals surface area contributed by atoms with Crippen LogP contribution in [0.15, 0.2) is 18.2 Å². The fourth-order valence-electron chi connectivity index (χ4n) is 2.70. The molecule has 0 bridgehead atoms. The highest BCUT2D eigenvalue weighted by Crippen LogP contribution is 2.27. The monoisotopic (exact) mass is 423 g/mol. The van der Waals surface area contributed by atoms with E-state index in [0.29, 0.717) is 29.7 Å². The number of nitrogens with one attached hydrogen (secondary N) is 1. The third-order valence-electron chi connectivity index (χ3n) is 4.08. The highest BCUT2D eigenvalue weighted by molar-refractivity contribution is 6.32. The minimum atomic E-state index is -0.677. The number of amides is 1. The van der Waals surface area contributed by atoms with Gasteiger partial charge >= 0.3 is 5.97 Å². The van der Waals surface area contributed by atoms with Gasteiger partial charge in [-0.2, -0.15) is 5.10 Å². The van der Waals surface area contributed by atoms with E-state index in [9.17, 15) is 9.59 Å². The molecule has 2 aromatic rings. The Morgan fingerprint density at radius 2 is 1.90 bits per heavy atom. The molecule has 2 rings (SSSR count). The van der Waals surface area contributed by atoms with Crippen molar-refractivity contribution in [2.45, 2.75) is 33.9 Å². The first-order chi connectivity index (χ1) is 13.8. The number of rotatable bonds is 9. The van der Waals surface area contributed by atoms with E-state index < -0.39 is 18.5 Å². The Morgan fingerprint density at radius 1 is 1.21 bits per heavy atom. The van der Waals surface area contributed by atoms with Crippen molar-refractivity contribution in [1.29, 1.82) is 0 Å². The standard InChI is InChI=1S/C20H26ClN3O5/c1-12(2)10-24-19(21)18(13(3)23-24)20(26)29-11-17(25)22-9-14-6-7-15(27-4)16(8-14)28-5/h6-8,12H,9-11H2,1-5H3,(H,22,25). The van der Waals surface area contributed by atoms with Crippen LogP contribution in [0, 0.1) is 12.8 Å². The second-order valence-electron chi connectivity index (χ2n) is 6.87. The van der Waals surface area contributed by atoms with Crippen LogP contribution in [-0.4, -0.2) is 42.5 Å². The molecule has 0 spiro atoms. The largest absolute Gasteiger partial charge is 0.493 e. The summed E-state index contributed by atoms with van der Waals surface area (Å²) >= 11 is 6.26. The molecule has 1 aromatic heterocycles. The molecule has 0 aliphatic rings. The summed E-state index contributed by atoms with van der Waals surface area (Å²) in [6, 6.07) is 5.32. The summed E-state index contributed by atoms with van der Waals surface area (Å²) in [5.74, 6) is 0.370.